The Morgan fingerprint density at radius 3 is 2.43 bits per heavy atom. The normalized spacial score (nSPS) is 12.4. The second-order valence-electron chi connectivity index (χ2n) is 7.29. The van der Waals surface area contributed by atoms with E-state index in [2.05, 4.69) is 4.98 Å². The molecule has 35 heavy (non-hydrogen) atoms. The van der Waals surface area contributed by atoms with Crippen molar-refractivity contribution in [2.75, 3.05) is 7.05 Å². The summed E-state index contributed by atoms with van der Waals surface area (Å²) in [6.07, 6.45) is -0.259. The number of likely N-dealkylation sites (N-methyl/N-ethyl adjacent to an activating group) is 1. The number of hydrogen-bond acceptors (Lipinski definition) is 8. The molecule has 1 aromatic heterocycles. The fraction of sp³-hybridized carbons (Fsp3) is 0.190. The quantitative estimate of drug-likeness (QED) is 0.275. The number of hydroxylamine groups is 2. The van der Waals surface area contributed by atoms with E-state index in [4.69, 9.17) is 27.9 Å². The number of amides is 1. The van der Waals surface area contributed by atoms with Crippen LogP contribution in [0.1, 0.15) is 6.42 Å². The summed E-state index contributed by atoms with van der Waals surface area (Å²) in [4.78, 5) is 38.5. The van der Waals surface area contributed by atoms with Crippen molar-refractivity contribution >= 4 is 39.1 Å². The van der Waals surface area contributed by atoms with Gasteiger partial charge in [0.25, 0.3) is 21.5 Å². The molecule has 2 aromatic carbocycles. The van der Waals surface area contributed by atoms with Crippen LogP contribution >= 0.6 is 23.2 Å². The van der Waals surface area contributed by atoms with Crippen molar-refractivity contribution in [2.24, 2.45) is 0 Å². The van der Waals surface area contributed by atoms with Crippen molar-refractivity contribution in [3.05, 3.63) is 85.6 Å². The van der Waals surface area contributed by atoms with Crippen molar-refractivity contribution in [2.45, 2.75) is 23.9 Å². The maximum absolute atomic E-state index is 12.7. The van der Waals surface area contributed by atoms with Crippen LogP contribution in [-0.2, 0) is 21.4 Å². The molecule has 0 saturated carbocycles. The Balaban J connectivity index is 1.70. The molecule has 0 radical (unpaired) electrons. The minimum atomic E-state index is -4.31. The van der Waals surface area contributed by atoms with E-state index >= 15 is 0 Å². The third-order valence-corrected chi connectivity index (χ3v) is 6.57. The van der Waals surface area contributed by atoms with Gasteiger partial charge in [-0.15, -0.1) is 0 Å². The monoisotopic (exact) mass is 542 g/mol. The number of carbonyl (C=O) groups excluding carboxylic acids is 1. The molecule has 0 fully saturated rings. The van der Waals surface area contributed by atoms with Crippen LogP contribution in [0.15, 0.2) is 69.1 Å². The lowest BCUT2D eigenvalue weighted by molar-refractivity contribution is -0.146. The molecule has 0 saturated heterocycles. The summed E-state index contributed by atoms with van der Waals surface area (Å²) in [6, 6.07) is 11.5. The lowest BCUT2D eigenvalue weighted by Crippen LogP contribution is -2.47. The number of halogens is 2. The summed E-state index contributed by atoms with van der Waals surface area (Å²) in [6.45, 7) is -0.288. The van der Waals surface area contributed by atoms with E-state index in [0.717, 1.165) is 17.7 Å². The Labute approximate surface area is 209 Å². The number of sulfonamides is 1. The van der Waals surface area contributed by atoms with E-state index in [-0.39, 0.29) is 23.0 Å². The van der Waals surface area contributed by atoms with Gasteiger partial charge in [0.15, 0.2) is 0 Å². The van der Waals surface area contributed by atoms with Gasteiger partial charge in [-0.1, -0.05) is 29.3 Å². The molecule has 0 aliphatic carbocycles. The molecule has 3 rings (SSSR count). The Bertz CT molecular complexity index is 1410. The highest BCUT2D eigenvalue weighted by atomic mass is 35.5. The van der Waals surface area contributed by atoms with Gasteiger partial charge < -0.3 is 9.94 Å². The molecule has 1 heterocycles. The number of benzene rings is 2. The van der Waals surface area contributed by atoms with Crippen molar-refractivity contribution in [1.82, 2.24) is 19.3 Å². The Morgan fingerprint density at radius 1 is 1.14 bits per heavy atom. The van der Waals surface area contributed by atoms with Crippen LogP contribution in [0.2, 0.25) is 10.2 Å². The number of hydrogen-bond donors (Lipinski definition) is 3. The van der Waals surface area contributed by atoms with Crippen molar-refractivity contribution in [1.29, 1.82) is 0 Å². The molecule has 186 valence electrons. The molecule has 1 amide bonds. The standard InChI is InChI=1S/C21H20Cl2N4O7S/c1-26(31)17(9-10-27-19(28)12-18(23)24-21(27)30)20(29)25-35(32,33)16-7-5-14(6-8-16)34-15-4-2-3-13(22)11-15/h2-8,11-12,17,31H,9-10H2,1H3,(H,24,30)(H,25,29)/t17-/m0/s1. The Kier molecular flexibility index (Phi) is 8.35. The summed E-state index contributed by atoms with van der Waals surface area (Å²) in [5.74, 6) is -0.272. The van der Waals surface area contributed by atoms with Crippen LogP contribution in [0.5, 0.6) is 11.5 Å². The molecular formula is C21H20Cl2N4O7S. The number of ether oxygens (including phenoxy) is 1. The zero-order valence-electron chi connectivity index (χ0n) is 18.1. The molecule has 3 aromatic rings. The minimum absolute atomic E-state index is 0.153. The maximum atomic E-state index is 12.7. The van der Waals surface area contributed by atoms with Gasteiger partial charge in [0.05, 0.1) is 4.90 Å². The smallest absolute Gasteiger partial charge is 0.329 e. The van der Waals surface area contributed by atoms with E-state index < -0.39 is 33.2 Å². The zero-order chi connectivity index (χ0) is 25.8. The highest BCUT2D eigenvalue weighted by Crippen LogP contribution is 2.25. The average molecular weight is 543 g/mol. The number of carbonyl (C=O) groups is 1. The van der Waals surface area contributed by atoms with Crippen LogP contribution in [0.3, 0.4) is 0 Å². The predicted octanol–water partition coefficient (Wildman–Crippen LogP) is 2.22. The molecule has 0 aliphatic rings. The van der Waals surface area contributed by atoms with Crippen LogP contribution < -0.4 is 20.7 Å². The van der Waals surface area contributed by atoms with Gasteiger partial charge in [0, 0.05) is 24.7 Å². The summed E-state index contributed by atoms with van der Waals surface area (Å²) >= 11 is 11.5. The van der Waals surface area contributed by atoms with Crippen molar-refractivity contribution in [3.8, 4) is 11.5 Å². The zero-order valence-corrected chi connectivity index (χ0v) is 20.5. The average Bonchev–Trinajstić information content (AvgIpc) is 2.75. The molecule has 14 heteroatoms. The summed E-state index contributed by atoms with van der Waals surface area (Å²) in [5, 5.41) is 10.7. The first-order chi connectivity index (χ1) is 16.5. The fourth-order valence-electron chi connectivity index (χ4n) is 3.06. The lowest BCUT2D eigenvalue weighted by Gasteiger charge is -2.21. The topological polar surface area (TPSA) is 151 Å². The van der Waals surface area contributed by atoms with E-state index in [0.29, 0.717) is 21.6 Å². The van der Waals surface area contributed by atoms with Crippen LogP contribution in [0.4, 0.5) is 0 Å². The Morgan fingerprint density at radius 2 is 1.83 bits per heavy atom. The van der Waals surface area contributed by atoms with Crippen LogP contribution in [-0.4, -0.2) is 47.2 Å². The molecule has 0 aliphatic heterocycles. The number of aromatic amines is 1. The second-order valence-corrected chi connectivity index (χ2v) is 9.82. The van der Waals surface area contributed by atoms with Gasteiger partial charge in [-0.25, -0.2) is 17.9 Å². The van der Waals surface area contributed by atoms with Gasteiger partial charge in [0.1, 0.15) is 22.7 Å². The number of rotatable bonds is 9. The molecular weight excluding hydrogens is 523 g/mol. The number of aromatic nitrogens is 2. The highest BCUT2D eigenvalue weighted by Gasteiger charge is 2.27. The lowest BCUT2D eigenvalue weighted by atomic mass is 10.2. The third-order valence-electron chi connectivity index (χ3n) is 4.77. The molecule has 0 bridgehead atoms. The maximum Gasteiger partial charge on any atom is 0.329 e. The van der Waals surface area contributed by atoms with Crippen molar-refractivity contribution < 1.29 is 23.2 Å². The number of nitrogens with zero attached hydrogens (tertiary/aromatic N) is 2. The van der Waals surface area contributed by atoms with Crippen LogP contribution in [0, 0.1) is 0 Å². The Hall–Kier alpha value is -3.16. The van der Waals surface area contributed by atoms with E-state index in [1.807, 2.05) is 4.72 Å². The fourth-order valence-corrected chi connectivity index (χ4v) is 4.42. The molecule has 11 nitrogen and oxygen atoms in total. The molecule has 0 unspecified atom stereocenters. The van der Waals surface area contributed by atoms with Gasteiger partial charge >= 0.3 is 5.69 Å². The first kappa shape index (κ1) is 26.4. The molecule has 0 spiro atoms. The van der Waals surface area contributed by atoms with Gasteiger partial charge in [-0.3, -0.25) is 19.1 Å². The predicted molar refractivity (Wildman–Crippen MR) is 128 cm³/mol. The first-order valence-corrected chi connectivity index (χ1v) is 12.2. The van der Waals surface area contributed by atoms with E-state index in [1.54, 1.807) is 24.3 Å². The summed E-state index contributed by atoms with van der Waals surface area (Å²) < 4.78 is 33.6. The molecule has 1 atom stereocenters. The summed E-state index contributed by atoms with van der Waals surface area (Å²) in [5.41, 5.74) is -1.53. The number of nitrogens with one attached hydrogen (secondary N) is 2. The van der Waals surface area contributed by atoms with Gasteiger partial charge in [0.2, 0.25) is 0 Å². The van der Waals surface area contributed by atoms with Gasteiger partial charge in [-0.2, -0.15) is 5.06 Å². The minimum Gasteiger partial charge on any atom is -0.457 e. The third kappa shape index (κ3) is 6.93. The van der Waals surface area contributed by atoms with E-state index in [9.17, 15) is 28.0 Å². The first-order valence-electron chi connectivity index (χ1n) is 9.98. The summed E-state index contributed by atoms with van der Waals surface area (Å²) in [7, 11) is -3.17. The van der Waals surface area contributed by atoms with Crippen LogP contribution in [0.25, 0.3) is 0 Å². The highest BCUT2D eigenvalue weighted by molar-refractivity contribution is 7.90. The van der Waals surface area contributed by atoms with E-state index in [1.165, 1.54) is 24.3 Å². The SMILES string of the molecule is CN(O)[C@@H](CCn1c(=O)cc(Cl)[nH]c1=O)C(=O)NS(=O)(=O)c1ccc(Oc2cccc(Cl)c2)cc1. The molecule has 3 N–H and O–H groups in total. The van der Waals surface area contributed by atoms with Gasteiger partial charge in [-0.05, 0) is 48.9 Å². The van der Waals surface area contributed by atoms with Crippen molar-refractivity contribution in [3.63, 3.8) is 0 Å². The largest absolute Gasteiger partial charge is 0.457 e. The number of H-pyrrole nitrogens is 1. The second kappa shape index (κ2) is 11.1.